The molecule has 110 valence electrons. The van der Waals surface area contributed by atoms with Gasteiger partial charge < -0.3 is 4.42 Å². The third-order valence-electron chi connectivity index (χ3n) is 3.14. The molecule has 2 aromatic carbocycles. The maximum Gasteiger partial charge on any atom is 0.322 e. The van der Waals surface area contributed by atoms with Crippen molar-refractivity contribution in [3.8, 4) is 11.5 Å². The summed E-state index contributed by atoms with van der Waals surface area (Å²) in [6.07, 6.45) is 0. The van der Waals surface area contributed by atoms with Crippen molar-refractivity contribution in [1.29, 1.82) is 0 Å². The van der Waals surface area contributed by atoms with E-state index in [1.165, 1.54) is 0 Å². The molecule has 0 aliphatic heterocycles. The summed E-state index contributed by atoms with van der Waals surface area (Å²) in [5.41, 5.74) is 2.04. The summed E-state index contributed by atoms with van der Waals surface area (Å²) in [4.78, 5) is 12.2. The van der Waals surface area contributed by atoms with E-state index >= 15 is 0 Å². The lowest BCUT2D eigenvalue weighted by Gasteiger charge is -2.03. The molecule has 1 aromatic heterocycles. The van der Waals surface area contributed by atoms with Gasteiger partial charge in [0.05, 0.1) is 10.6 Å². The van der Waals surface area contributed by atoms with Crippen LogP contribution in [0.25, 0.3) is 11.5 Å². The Bertz CT molecular complexity index is 830. The van der Waals surface area contributed by atoms with Gasteiger partial charge in [0, 0.05) is 5.56 Å². The molecule has 6 heteroatoms. The lowest BCUT2D eigenvalue weighted by Crippen LogP contribution is -2.13. The molecule has 1 amide bonds. The Balaban J connectivity index is 1.82. The number of hydrogen-bond donors (Lipinski definition) is 1. The molecule has 0 saturated heterocycles. The molecular weight excluding hydrogens is 302 g/mol. The van der Waals surface area contributed by atoms with Crippen LogP contribution in [-0.2, 0) is 0 Å². The number of rotatable bonds is 3. The average Bonchev–Trinajstić information content (AvgIpc) is 2.96. The zero-order valence-corrected chi connectivity index (χ0v) is 12.5. The van der Waals surface area contributed by atoms with Gasteiger partial charge in [0.15, 0.2) is 0 Å². The molecule has 3 aromatic rings. The number of aryl methyl sites for hydroxylation is 1. The third kappa shape index (κ3) is 2.84. The first-order valence-electron chi connectivity index (χ1n) is 6.60. The summed E-state index contributed by atoms with van der Waals surface area (Å²) < 4.78 is 5.44. The number of benzene rings is 2. The summed E-state index contributed by atoms with van der Waals surface area (Å²) in [5, 5.41) is 10.8. The van der Waals surface area contributed by atoms with Gasteiger partial charge in [-0.05, 0) is 30.7 Å². The highest BCUT2D eigenvalue weighted by Crippen LogP contribution is 2.27. The zero-order chi connectivity index (χ0) is 15.5. The number of nitrogens with zero attached hydrogens (tertiary/aromatic N) is 2. The number of anilines is 1. The molecule has 5 nitrogen and oxygen atoms in total. The monoisotopic (exact) mass is 313 g/mol. The van der Waals surface area contributed by atoms with Crippen molar-refractivity contribution in [3.05, 3.63) is 64.7 Å². The van der Waals surface area contributed by atoms with E-state index in [2.05, 4.69) is 15.5 Å². The van der Waals surface area contributed by atoms with Crippen LogP contribution in [0.2, 0.25) is 5.02 Å². The molecule has 0 aliphatic rings. The topological polar surface area (TPSA) is 68.0 Å². The van der Waals surface area contributed by atoms with E-state index in [1.54, 1.807) is 24.3 Å². The lowest BCUT2D eigenvalue weighted by atomic mass is 10.1. The molecule has 3 rings (SSSR count). The van der Waals surface area contributed by atoms with Gasteiger partial charge in [-0.3, -0.25) is 10.1 Å². The Morgan fingerprint density at radius 3 is 2.59 bits per heavy atom. The van der Waals surface area contributed by atoms with Gasteiger partial charge >= 0.3 is 6.01 Å². The van der Waals surface area contributed by atoms with Crippen molar-refractivity contribution in [1.82, 2.24) is 10.2 Å². The molecule has 0 spiro atoms. The second kappa shape index (κ2) is 5.99. The fraction of sp³-hybridized carbons (Fsp3) is 0.0625. The van der Waals surface area contributed by atoms with Crippen LogP contribution >= 0.6 is 11.6 Å². The Hall–Kier alpha value is -2.66. The standard InChI is InChI=1S/C16H12ClN3O2/c1-10-6-2-3-7-11(10)14(21)18-16-20-19-15(22-16)12-8-4-5-9-13(12)17/h2-9H,1H3,(H,18,20,21). The van der Waals surface area contributed by atoms with Crippen LogP contribution in [0, 0.1) is 6.92 Å². The van der Waals surface area contributed by atoms with Crippen molar-refractivity contribution in [2.24, 2.45) is 0 Å². The van der Waals surface area contributed by atoms with Crippen molar-refractivity contribution < 1.29 is 9.21 Å². The normalized spacial score (nSPS) is 10.5. The van der Waals surface area contributed by atoms with Crippen LogP contribution in [0.1, 0.15) is 15.9 Å². The van der Waals surface area contributed by atoms with Gasteiger partial charge in [0.2, 0.25) is 0 Å². The second-order valence-electron chi connectivity index (χ2n) is 4.66. The maximum absolute atomic E-state index is 12.2. The van der Waals surface area contributed by atoms with Crippen LogP contribution in [0.15, 0.2) is 52.9 Å². The molecular formula is C16H12ClN3O2. The second-order valence-corrected chi connectivity index (χ2v) is 5.07. The molecule has 1 heterocycles. The summed E-state index contributed by atoms with van der Waals surface area (Å²) in [7, 11) is 0. The number of hydrogen-bond acceptors (Lipinski definition) is 4. The van der Waals surface area contributed by atoms with Crippen LogP contribution < -0.4 is 5.32 Å². The lowest BCUT2D eigenvalue weighted by molar-refractivity contribution is 0.102. The van der Waals surface area contributed by atoms with Crippen molar-refractivity contribution in [2.45, 2.75) is 6.92 Å². The van der Waals surface area contributed by atoms with Crippen molar-refractivity contribution in [2.75, 3.05) is 5.32 Å². The Morgan fingerprint density at radius 2 is 1.82 bits per heavy atom. The largest absolute Gasteiger partial charge is 0.403 e. The number of aromatic nitrogens is 2. The van der Waals surface area contributed by atoms with Crippen LogP contribution in [0.4, 0.5) is 6.01 Å². The van der Waals surface area contributed by atoms with E-state index in [-0.39, 0.29) is 17.8 Å². The van der Waals surface area contributed by atoms with Crippen molar-refractivity contribution in [3.63, 3.8) is 0 Å². The predicted molar refractivity (Wildman–Crippen MR) is 83.9 cm³/mol. The van der Waals surface area contributed by atoms with Crippen LogP contribution in [-0.4, -0.2) is 16.1 Å². The number of carbonyl (C=O) groups excluding carboxylic acids is 1. The molecule has 0 saturated carbocycles. The van der Waals surface area contributed by atoms with Gasteiger partial charge in [-0.2, -0.15) is 0 Å². The summed E-state index contributed by atoms with van der Waals surface area (Å²) in [6.45, 7) is 1.86. The zero-order valence-electron chi connectivity index (χ0n) is 11.7. The van der Waals surface area contributed by atoms with Gasteiger partial charge in [-0.1, -0.05) is 47.0 Å². The van der Waals surface area contributed by atoms with E-state index in [0.29, 0.717) is 16.1 Å². The Labute approximate surface area is 131 Å². The number of amides is 1. The van der Waals surface area contributed by atoms with Crippen LogP contribution in [0.5, 0.6) is 0 Å². The summed E-state index contributed by atoms with van der Waals surface area (Å²) >= 11 is 6.08. The van der Waals surface area contributed by atoms with Gasteiger partial charge in [-0.15, -0.1) is 5.10 Å². The molecule has 0 unspecified atom stereocenters. The van der Waals surface area contributed by atoms with Crippen LogP contribution in [0.3, 0.4) is 0 Å². The van der Waals surface area contributed by atoms with Gasteiger partial charge in [0.1, 0.15) is 0 Å². The predicted octanol–water partition coefficient (Wildman–Crippen LogP) is 3.95. The fourth-order valence-corrected chi connectivity index (χ4v) is 2.23. The van der Waals surface area contributed by atoms with Crippen molar-refractivity contribution >= 4 is 23.5 Å². The summed E-state index contributed by atoms with van der Waals surface area (Å²) in [6, 6.07) is 14.4. The first-order chi connectivity index (χ1) is 10.6. The van der Waals surface area contributed by atoms with E-state index < -0.39 is 0 Å². The fourth-order valence-electron chi connectivity index (χ4n) is 2.01. The quantitative estimate of drug-likeness (QED) is 0.795. The molecule has 0 radical (unpaired) electrons. The highest BCUT2D eigenvalue weighted by molar-refractivity contribution is 6.33. The molecule has 0 aliphatic carbocycles. The first kappa shape index (κ1) is 14.3. The number of nitrogens with one attached hydrogen (secondary N) is 1. The van der Waals surface area contributed by atoms with Gasteiger partial charge in [0.25, 0.3) is 11.8 Å². The molecule has 0 bridgehead atoms. The number of carbonyl (C=O) groups is 1. The Morgan fingerprint density at radius 1 is 1.09 bits per heavy atom. The number of halogens is 1. The minimum absolute atomic E-state index is 0.0307. The average molecular weight is 314 g/mol. The highest BCUT2D eigenvalue weighted by atomic mass is 35.5. The first-order valence-corrected chi connectivity index (χ1v) is 6.98. The third-order valence-corrected chi connectivity index (χ3v) is 3.47. The Kier molecular flexibility index (Phi) is 3.89. The van der Waals surface area contributed by atoms with E-state index in [9.17, 15) is 4.79 Å². The summed E-state index contributed by atoms with van der Waals surface area (Å²) in [5.74, 6) is -0.0434. The van der Waals surface area contributed by atoms with E-state index in [0.717, 1.165) is 5.56 Å². The highest BCUT2D eigenvalue weighted by Gasteiger charge is 2.15. The molecule has 0 atom stereocenters. The van der Waals surface area contributed by atoms with E-state index in [4.69, 9.17) is 16.0 Å². The minimum Gasteiger partial charge on any atom is -0.403 e. The molecule has 0 fully saturated rings. The molecule has 22 heavy (non-hydrogen) atoms. The van der Waals surface area contributed by atoms with Gasteiger partial charge in [-0.25, -0.2) is 0 Å². The molecule has 1 N–H and O–H groups in total. The maximum atomic E-state index is 12.2. The SMILES string of the molecule is Cc1ccccc1C(=O)Nc1nnc(-c2ccccc2Cl)o1. The van der Waals surface area contributed by atoms with E-state index in [1.807, 2.05) is 31.2 Å². The smallest absolute Gasteiger partial charge is 0.322 e. The minimum atomic E-state index is -0.299.